The van der Waals surface area contributed by atoms with Crippen LogP contribution in [0.25, 0.3) is 5.69 Å². The van der Waals surface area contributed by atoms with Crippen LogP contribution in [0.3, 0.4) is 0 Å². The minimum atomic E-state index is -4.50. The first-order chi connectivity index (χ1) is 14.2. The molecular weight excluding hydrogens is 410 g/mol. The van der Waals surface area contributed by atoms with E-state index in [2.05, 4.69) is 15.3 Å². The van der Waals surface area contributed by atoms with Crippen molar-refractivity contribution < 1.29 is 17.7 Å². The Bertz CT molecular complexity index is 1360. The second-order valence-corrected chi connectivity index (χ2v) is 7.73. The van der Waals surface area contributed by atoms with Crippen molar-refractivity contribution in [2.45, 2.75) is 18.7 Å². The second kappa shape index (κ2) is 7.94. The Balaban J connectivity index is 2.11. The second-order valence-electron chi connectivity index (χ2n) is 6.34. The van der Waals surface area contributed by atoms with E-state index in [-0.39, 0.29) is 22.8 Å². The van der Waals surface area contributed by atoms with Gasteiger partial charge in [0.25, 0.3) is 15.7 Å². The van der Waals surface area contributed by atoms with Crippen molar-refractivity contribution in [2.24, 2.45) is 10.2 Å². The zero-order valence-corrected chi connectivity index (χ0v) is 17.1. The van der Waals surface area contributed by atoms with Crippen molar-refractivity contribution in [3.63, 3.8) is 0 Å². The molecule has 11 heteroatoms. The summed E-state index contributed by atoms with van der Waals surface area (Å²) in [7, 11) is -3.26. The van der Waals surface area contributed by atoms with Crippen LogP contribution in [0, 0.1) is 25.2 Å². The lowest BCUT2D eigenvalue weighted by Gasteiger charge is -2.08. The van der Waals surface area contributed by atoms with Crippen molar-refractivity contribution in [1.29, 1.82) is 5.26 Å². The van der Waals surface area contributed by atoms with Crippen molar-refractivity contribution >= 4 is 21.5 Å². The number of ether oxygens (including phenoxy) is 1. The van der Waals surface area contributed by atoms with Gasteiger partial charge in [0.2, 0.25) is 0 Å². The molecule has 2 N–H and O–H groups in total. The van der Waals surface area contributed by atoms with Gasteiger partial charge in [-0.3, -0.25) is 14.4 Å². The molecule has 154 valence electrons. The molecule has 3 rings (SSSR count). The Morgan fingerprint density at radius 3 is 2.47 bits per heavy atom. The molecule has 0 fully saturated rings. The summed E-state index contributed by atoms with van der Waals surface area (Å²) in [5.74, 6) is -0.135. The number of para-hydroxylation sites is 1. The number of rotatable bonds is 5. The third-order valence-electron chi connectivity index (χ3n) is 4.35. The van der Waals surface area contributed by atoms with Gasteiger partial charge in [0, 0.05) is 6.07 Å². The number of aryl methyl sites for hydroxylation is 2. The quantitative estimate of drug-likeness (QED) is 0.471. The molecule has 0 aliphatic carbocycles. The number of aromatic amines is 1. The fourth-order valence-electron chi connectivity index (χ4n) is 2.81. The molecule has 0 unspecified atom stereocenters. The largest absolute Gasteiger partial charge is 0.495 e. The maximum Gasteiger partial charge on any atom is 0.300 e. The van der Waals surface area contributed by atoms with Crippen LogP contribution in [0.5, 0.6) is 5.75 Å². The lowest BCUT2D eigenvalue weighted by molar-refractivity contribution is 0.397. The number of hydrogen-bond donors (Lipinski definition) is 2. The van der Waals surface area contributed by atoms with E-state index in [0.29, 0.717) is 11.3 Å². The molecule has 1 heterocycles. The fourth-order valence-corrected chi connectivity index (χ4v) is 3.53. The molecule has 0 amide bonds. The average molecular weight is 427 g/mol. The van der Waals surface area contributed by atoms with Crippen molar-refractivity contribution in [1.82, 2.24) is 9.78 Å². The smallest absolute Gasteiger partial charge is 0.300 e. The summed E-state index contributed by atoms with van der Waals surface area (Å²) in [6.07, 6.45) is 0. The molecule has 1 aromatic heterocycles. The van der Waals surface area contributed by atoms with E-state index < -0.39 is 20.6 Å². The first-order valence-electron chi connectivity index (χ1n) is 8.56. The monoisotopic (exact) mass is 427 g/mol. The Labute approximate surface area is 171 Å². The summed E-state index contributed by atoms with van der Waals surface area (Å²) < 4.78 is 38.5. The highest BCUT2D eigenvalue weighted by Crippen LogP contribution is 2.33. The molecule has 10 nitrogen and oxygen atoms in total. The van der Waals surface area contributed by atoms with E-state index in [1.54, 1.807) is 19.1 Å². The number of H-pyrrole nitrogens is 1. The van der Waals surface area contributed by atoms with Crippen LogP contribution in [0.15, 0.2) is 56.3 Å². The van der Waals surface area contributed by atoms with Gasteiger partial charge in [-0.2, -0.15) is 13.7 Å². The number of aromatic nitrogens is 2. The van der Waals surface area contributed by atoms with E-state index >= 15 is 0 Å². The van der Waals surface area contributed by atoms with Crippen LogP contribution < -0.4 is 10.3 Å². The summed E-state index contributed by atoms with van der Waals surface area (Å²) >= 11 is 0. The zero-order valence-electron chi connectivity index (χ0n) is 16.2. The number of methoxy groups -OCH3 is 1. The number of nitrogens with one attached hydrogen (secondary N) is 1. The average Bonchev–Trinajstić information content (AvgIpc) is 3.02. The van der Waals surface area contributed by atoms with Crippen LogP contribution in [-0.2, 0) is 10.1 Å². The predicted octanol–water partition coefficient (Wildman–Crippen LogP) is 3.32. The lowest BCUT2D eigenvalue weighted by Crippen LogP contribution is -2.15. The summed E-state index contributed by atoms with van der Waals surface area (Å²) in [5, 5.41) is 20.0. The molecule has 0 radical (unpaired) electrons. The Morgan fingerprint density at radius 1 is 1.17 bits per heavy atom. The van der Waals surface area contributed by atoms with Gasteiger partial charge in [-0.15, -0.1) is 10.2 Å². The number of nitrogens with zero attached hydrogens (tertiary/aromatic N) is 4. The van der Waals surface area contributed by atoms with Gasteiger partial charge >= 0.3 is 0 Å². The molecule has 0 saturated carbocycles. The third-order valence-corrected chi connectivity index (χ3v) is 5.23. The lowest BCUT2D eigenvalue weighted by atomic mass is 10.2. The first kappa shape index (κ1) is 21.0. The molecule has 0 atom stereocenters. The highest BCUT2D eigenvalue weighted by Gasteiger charge is 2.20. The molecule has 2 aromatic carbocycles. The zero-order chi connectivity index (χ0) is 22.1. The predicted molar refractivity (Wildman–Crippen MR) is 108 cm³/mol. The van der Waals surface area contributed by atoms with Crippen molar-refractivity contribution in [3.8, 4) is 17.5 Å². The highest BCUT2D eigenvalue weighted by molar-refractivity contribution is 7.86. The summed E-state index contributed by atoms with van der Waals surface area (Å²) in [6.45, 7) is 3.37. The van der Waals surface area contributed by atoms with Crippen LogP contribution >= 0.6 is 0 Å². The topological polar surface area (TPSA) is 150 Å². The van der Waals surface area contributed by atoms with Gasteiger partial charge in [0.05, 0.1) is 18.5 Å². The van der Waals surface area contributed by atoms with Crippen molar-refractivity contribution in [2.75, 3.05) is 7.11 Å². The number of benzene rings is 2. The minimum absolute atomic E-state index is 0.0776. The van der Waals surface area contributed by atoms with Crippen LogP contribution in [0.2, 0.25) is 0 Å². The van der Waals surface area contributed by atoms with Crippen LogP contribution in [0.1, 0.15) is 16.8 Å². The van der Waals surface area contributed by atoms with Gasteiger partial charge in [0.1, 0.15) is 16.7 Å². The van der Waals surface area contributed by atoms with Crippen LogP contribution in [0.4, 0.5) is 11.4 Å². The minimum Gasteiger partial charge on any atom is -0.495 e. The number of nitriles is 1. The molecular formula is C19H17N5O5S. The Kier molecular flexibility index (Phi) is 5.55. The van der Waals surface area contributed by atoms with Crippen LogP contribution in [-0.4, -0.2) is 29.9 Å². The SMILES string of the molecule is COc1cc(N=Nc2c(C#N)[nH]n(-c3ccccc3C)c2=O)c(C)cc1S(=O)(=O)O. The maximum atomic E-state index is 12.8. The normalized spacial score (nSPS) is 11.6. The molecule has 30 heavy (non-hydrogen) atoms. The van der Waals surface area contributed by atoms with E-state index in [0.717, 1.165) is 5.56 Å². The van der Waals surface area contributed by atoms with Gasteiger partial charge in [-0.1, -0.05) is 18.2 Å². The van der Waals surface area contributed by atoms with Crippen molar-refractivity contribution in [3.05, 3.63) is 63.6 Å². The van der Waals surface area contributed by atoms with E-state index in [1.807, 2.05) is 25.1 Å². The summed E-state index contributed by atoms with van der Waals surface area (Å²) in [5.41, 5.74) is 1.10. The van der Waals surface area contributed by atoms with Gasteiger partial charge in [-0.05, 0) is 37.1 Å². The molecule has 0 spiro atoms. The molecule has 0 aliphatic rings. The molecule has 0 saturated heterocycles. The highest BCUT2D eigenvalue weighted by atomic mass is 32.2. The summed E-state index contributed by atoms with van der Waals surface area (Å²) in [4.78, 5) is 12.4. The molecule has 0 bridgehead atoms. The fraction of sp³-hybridized carbons (Fsp3) is 0.158. The maximum absolute atomic E-state index is 12.8. The van der Waals surface area contributed by atoms with Gasteiger partial charge in [-0.25, -0.2) is 4.68 Å². The van der Waals surface area contributed by atoms with Gasteiger partial charge < -0.3 is 4.74 Å². The first-order valence-corrected chi connectivity index (χ1v) is 10.0. The molecule has 3 aromatic rings. The molecule has 0 aliphatic heterocycles. The van der Waals surface area contributed by atoms with E-state index in [9.17, 15) is 23.0 Å². The number of hydrogen-bond acceptors (Lipinski definition) is 7. The Hall–Kier alpha value is -3.75. The Morgan fingerprint density at radius 2 is 1.87 bits per heavy atom. The summed E-state index contributed by atoms with van der Waals surface area (Å²) in [6, 6.07) is 11.4. The van der Waals surface area contributed by atoms with E-state index in [1.165, 1.54) is 23.9 Å². The number of azo groups is 1. The van der Waals surface area contributed by atoms with E-state index in [4.69, 9.17) is 4.74 Å². The standard InChI is InChI=1S/C19H17N5O5S/c1-11-6-4-5-7-15(11)24-19(25)18(14(10-20)23-24)22-21-13-9-16(29-3)17(8-12(13)2)30(26,27)28/h4-9,23H,1-3H3,(H,26,27,28). The van der Waals surface area contributed by atoms with Gasteiger partial charge in [0.15, 0.2) is 11.4 Å². The third kappa shape index (κ3) is 3.86.